The average Bonchev–Trinajstić information content (AvgIpc) is 2.59. The Morgan fingerprint density at radius 2 is 2.24 bits per heavy atom. The van der Waals surface area contributed by atoms with Crippen LogP contribution in [0.3, 0.4) is 0 Å². The topological polar surface area (TPSA) is 46.2 Å². The summed E-state index contributed by atoms with van der Waals surface area (Å²) >= 11 is 0. The summed E-state index contributed by atoms with van der Waals surface area (Å²) in [4.78, 5) is 22.8. The van der Waals surface area contributed by atoms with Gasteiger partial charge in [0.25, 0.3) is 0 Å². The van der Waals surface area contributed by atoms with Gasteiger partial charge in [-0.05, 0) is 30.0 Å². The second-order valence-electron chi connectivity index (χ2n) is 4.29. The van der Waals surface area contributed by atoms with Gasteiger partial charge in [0.15, 0.2) is 0 Å². The highest BCUT2D eigenvalue weighted by Gasteiger charge is 2.36. The summed E-state index contributed by atoms with van der Waals surface area (Å²) in [6.45, 7) is 1.94. The molecule has 0 spiro atoms. The third-order valence-electron chi connectivity index (χ3n) is 3.21. The monoisotopic (exact) mass is 235 g/mol. The number of benzene rings is 1. The lowest BCUT2D eigenvalue weighted by molar-refractivity contribution is -0.126. The van der Waals surface area contributed by atoms with Crippen molar-refractivity contribution in [3.63, 3.8) is 0 Å². The number of hydrogen-bond acceptors (Lipinski definition) is 2. The van der Waals surface area contributed by atoms with E-state index in [0.717, 1.165) is 5.56 Å². The van der Waals surface area contributed by atoms with E-state index in [1.165, 1.54) is 12.1 Å². The zero-order chi connectivity index (χ0) is 12.4. The largest absolute Gasteiger partial charge is 0.296 e. The van der Waals surface area contributed by atoms with Crippen LogP contribution in [0.4, 0.5) is 4.39 Å². The molecular formula is C13H14FNO2. The van der Waals surface area contributed by atoms with Gasteiger partial charge in [0.05, 0.1) is 5.92 Å². The molecule has 4 heteroatoms. The molecule has 17 heavy (non-hydrogen) atoms. The maximum atomic E-state index is 13.2. The second-order valence-corrected chi connectivity index (χ2v) is 4.29. The summed E-state index contributed by atoms with van der Waals surface area (Å²) in [5, 5.41) is 2.29. The van der Waals surface area contributed by atoms with Crippen LogP contribution in [0.2, 0.25) is 0 Å². The highest BCUT2D eigenvalue weighted by molar-refractivity contribution is 6.03. The predicted molar refractivity (Wildman–Crippen MR) is 60.7 cm³/mol. The van der Waals surface area contributed by atoms with Crippen molar-refractivity contribution in [3.05, 3.63) is 35.6 Å². The normalized spacial score (nSPS) is 21.4. The molecule has 0 aliphatic carbocycles. The molecule has 1 aliphatic heterocycles. The molecule has 0 radical (unpaired) electrons. The van der Waals surface area contributed by atoms with Crippen molar-refractivity contribution in [1.82, 2.24) is 5.32 Å². The molecule has 0 bridgehead atoms. The van der Waals surface area contributed by atoms with Gasteiger partial charge >= 0.3 is 0 Å². The number of nitrogens with one attached hydrogen (secondary N) is 1. The summed E-state index contributed by atoms with van der Waals surface area (Å²) in [5.41, 5.74) is 0.780. The van der Waals surface area contributed by atoms with Crippen molar-refractivity contribution in [1.29, 1.82) is 0 Å². The minimum Gasteiger partial charge on any atom is -0.296 e. The van der Waals surface area contributed by atoms with Crippen LogP contribution >= 0.6 is 0 Å². The molecule has 1 aromatic carbocycles. The smallest absolute Gasteiger partial charge is 0.230 e. The van der Waals surface area contributed by atoms with Gasteiger partial charge < -0.3 is 0 Å². The van der Waals surface area contributed by atoms with Crippen molar-refractivity contribution < 1.29 is 14.0 Å². The Morgan fingerprint density at radius 3 is 2.76 bits per heavy atom. The number of imide groups is 1. The first-order valence-electron chi connectivity index (χ1n) is 5.71. The van der Waals surface area contributed by atoms with Gasteiger partial charge in [-0.1, -0.05) is 19.1 Å². The zero-order valence-corrected chi connectivity index (χ0v) is 9.57. The van der Waals surface area contributed by atoms with Gasteiger partial charge in [-0.25, -0.2) is 4.39 Å². The van der Waals surface area contributed by atoms with E-state index in [9.17, 15) is 14.0 Å². The van der Waals surface area contributed by atoms with Gasteiger partial charge in [-0.2, -0.15) is 0 Å². The fourth-order valence-corrected chi connectivity index (χ4v) is 2.39. The Balaban J connectivity index is 2.28. The first-order valence-corrected chi connectivity index (χ1v) is 5.71. The molecule has 90 valence electrons. The summed E-state index contributed by atoms with van der Waals surface area (Å²) in [5.74, 6) is -1.27. The lowest BCUT2D eigenvalue weighted by atomic mass is 9.83. The third kappa shape index (κ3) is 2.35. The summed E-state index contributed by atoms with van der Waals surface area (Å²) < 4.78 is 13.2. The zero-order valence-electron chi connectivity index (χ0n) is 9.57. The highest BCUT2D eigenvalue weighted by Crippen LogP contribution is 2.33. The van der Waals surface area contributed by atoms with Crippen LogP contribution in [0.25, 0.3) is 0 Å². The Labute approximate surface area is 99.0 Å². The third-order valence-corrected chi connectivity index (χ3v) is 3.21. The molecule has 1 heterocycles. The number of halogens is 1. The molecule has 1 aromatic rings. The Morgan fingerprint density at radius 1 is 1.47 bits per heavy atom. The van der Waals surface area contributed by atoms with Crippen LogP contribution < -0.4 is 5.32 Å². The van der Waals surface area contributed by atoms with Crippen LogP contribution in [0.1, 0.15) is 31.2 Å². The molecule has 1 saturated heterocycles. The molecule has 2 atom stereocenters. The maximum Gasteiger partial charge on any atom is 0.230 e. The summed E-state index contributed by atoms with van der Waals surface area (Å²) in [6, 6.07) is 6.23. The number of carbonyl (C=O) groups excluding carboxylic acids is 2. The Hall–Kier alpha value is -1.71. The highest BCUT2D eigenvalue weighted by atomic mass is 19.1. The first kappa shape index (κ1) is 11.8. The van der Waals surface area contributed by atoms with E-state index < -0.39 is 0 Å². The number of rotatable bonds is 3. The van der Waals surface area contributed by atoms with Crippen molar-refractivity contribution in [2.75, 3.05) is 0 Å². The molecule has 1 N–H and O–H groups in total. The van der Waals surface area contributed by atoms with Gasteiger partial charge in [-0.3, -0.25) is 14.9 Å². The first-order chi connectivity index (χ1) is 8.11. The molecule has 0 saturated carbocycles. The number of hydrogen-bond donors (Lipinski definition) is 1. The van der Waals surface area contributed by atoms with Crippen molar-refractivity contribution in [2.24, 2.45) is 5.92 Å². The number of carbonyl (C=O) groups is 2. The molecule has 0 aromatic heterocycles. The van der Waals surface area contributed by atoms with Crippen molar-refractivity contribution in [3.8, 4) is 0 Å². The fourth-order valence-electron chi connectivity index (χ4n) is 2.39. The standard InChI is InChI=1S/C13H14FNO2/c1-2-10(8-4-3-5-9(14)6-8)11-7-12(16)15-13(11)17/h3-6,10-11H,2,7H2,1H3,(H,15,16,17). The lowest BCUT2D eigenvalue weighted by Crippen LogP contribution is -2.25. The SMILES string of the molecule is CCC(c1cccc(F)c1)C1CC(=O)NC1=O. The van der Waals surface area contributed by atoms with E-state index in [4.69, 9.17) is 0 Å². The summed E-state index contributed by atoms with van der Waals surface area (Å²) in [7, 11) is 0. The molecule has 1 fully saturated rings. The lowest BCUT2D eigenvalue weighted by Gasteiger charge is -2.19. The minimum absolute atomic E-state index is 0.0999. The van der Waals surface area contributed by atoms with Crippen LogP contribution in [0.15, 0.2) is 24.3 Å². The van der Waals surface area contributed by atoms with Gasteiger partial charge in [0.1, 0.15) is 5.82 Å². The molecule has 2 unspecified atom stereocenters. The van der Waals surface area contributed by atoms with Gasteiger partial charge in [0.2, 0.25) is 11.8 Å². The molecular weight excluding hydrogens is 221 g/mol. The quantitative estimate of drug-likeness (QED) is 0.814. The van der Waals surface area contributed by atoms with E-state index in [1.54, 1.807) is 12.1 Å². The van der Waals surface area contributed by atoms with Gasteiger partial charge in [0, 0.05) is 6.42 Å². The molecule has 3 nitrogen and oxygen atoms in total. The molecule has 2 amide bonds. The number of amides is 2. The fraction of sp³-hybridized carbons (Fsp3) is 0.385. The summed E-state index contributed by atoms with van der Waals surface area (Å²) in [6.07, 6.45) is 0.905. The van der Waals surface area contributed by atoms with E-state index in [-0.39, 0.29) is 35.9 Å². The Bertz CT molecular complexity index is 458. The van der Waals surface area contributed by atoms with E-state index in [2.05, 4.69) is 5.32 Å². The second kappa shape index (κ2) is 4.65. The predicted octanol–water partition coefficient (Wildman–Crippen LogP) is 1.98. The van der Waals surface area contributed by atoms with Crippen molar-refractivity contribution in [2.45, 2.75) is 25.7 Å². The van der Waals surface area contributed by atoms with E-state index in [0.29, 0.717) is 6.42 Å². The van der Waals surface area contributed by atoms with Crippen LogP contribution in [-0.4, -0.2) is 11.8 Å². The van der Waals surface area contributed by atoms with E-state index >= 15 is 0 Å². The molecule has 1 aliphatic rings. The average molecular weight is 235 g/mol. The van der Waals surface area contributed by atoms with Crippen LogP contribution in [-0.2, 0) is 9.59 Å². The van der Waals surface area contributed by atoms with E-state index in [1.807, 2.05) is 6.92 Å². The molecule has 2 rings (SSSR count). The van der Waals surface area contributed by atoms with Crippen LogP contribution in [0, 0.1) is 11.7 Å². The maximum absolute atomic E-state index is 13.2. The van der Waals surface area contributed by atoms with Crippen molar-refractivity contribution >= 4 is 11.8 Å². The minimum atomic E-state index is -0.366. The Kier molecular flexibility index (Phi) is 3.22. The van der Waals surface area contributed by atoms with Gasteiger partial charge in [-0.15, -0.1) is 0 Å². The van der Waals surface area contributed by atoms with Crippen LogP contribution in [0.5, 0.6) is 0 Å².